The number of hydrogen-bond donors (Lipinski definition) is 0. The Hall–Kier alpha value is -1.38. The first-order chi connectivity index (χ1) is 8.39. The molecule has 0 amide bonds. The van der Waals surface area contributed by atoms with Crippen LogP contribution in [0, 0.1) is 11.3 Å². The van der Waals surface area contributed by atoms with E-state index in [0.29, 0.717) is 5.92 Å². The van der Waals surface area contributed by atoms with Gasteiger partial charge in [-0.05, 0) is 23.6 Å². The quantitative estimate of drug-likeness (QED) is 0.821. The van der Waals surface area contributed by atoms with Gasteiger partial charge < -0.3 is 0 Å². The minimum Gasteiger partial charge on any atom is -0.207 e. The molecule has 0 aliphatic heterocycles. The lowest BCUT2D eigenvalue weighted by molar-refractivity contribution is 0.476. The van der Waals surface area contributed by atoms with Gasteiger partial charge in [-0.1, -0.05) is 26.0 Å². The molecule has 1 aromatic carbocycles. The fourth-order valence-electron chi connectivity index (χ4n) is 1.53. The summed E-state index contributed by atoms with van der Waals surface area (Å²) in [5.74, 6) is 0.373. The Morgan fingerprint density at radius 3 is 2.28 bits per heavy atom. The Labute approximate surface area is 109 Å². The summed E-state index contributed by atoms with van der Waals surface area (Å²) in [5.41, 5.74) is 1.11. The third-order valence-electron chi connectivity index (χ3n) is 2.79. The Balaban J connectivity index is 2.95. The molecule has 0 unspecified atom stereocenters. The zero-order valence-corrected chi connectivity index (χ0v) is 11.7. The van der Waals surface area contributed by atoms with E-state index in [1.165, 1.54) is 11.4 Å². The van der Waals surface area contributed by atoms with Gasteiger partial charge in [-0.15, -0.1) is 0 Å². The summed E-state index contributed by atoms with van der Waals surface area (Å²) < 4.78 is 25.5. The van der Waals surface area contributed by atoms with E-state index >= 15 is 0 Å². The molecule has 0 bridgehead atoms. The molecular weight excluding hydrogens is 248 g/mol. The molecule has 98 valence electrons. The first-order valence-corrected chi connectivity index (χ1v) is 7.27. The number of nitrogens with zero attached hydrogens (tertiary/aromatic N) is 2. The van der Waals surface area contributed by atoms with E-state index in [0.717, 1.165) is 5.56 Å². The molecule has 0 saturated heterocycles. The molecule has 0 N–H and O–H groups in total. The van der Waals surface area contributed by atoms with Crippen LogP contribution in [0.1, 0.15) is 31.7 Å². The van der Waals surface area contributed by atoms with Crippen LogP contribution in [0.3, 0.4) is 0 Å². The molecule has 0 spiro atoms. The highest BCUT2D eigenvalue weighted by Gasteiger charge is 2.20. The van der Waals surface area contributed by atoms with Gasteiger partial charge in [-0.3, -0.25) is 0 Å². The van der Waals surface area contributed by atoms with Gasteiger partial charge in [0.1, 0.15) is 0 Å². The Morgan fingerprint density at radius 1 is 1.28 bits per heavy atom. The molecule has 0 saturated carbocycles. The van der Waals surface area contributed by atoms with Crippen LogP contribution in [-0.4, -0.2) is 26.3 Å². The summed E-state index contributed by atoms with van der Waals surface area (Å²) in [7, 11) is -1.98. The number of benzene rings is 1. The molecule has 18 heavy (non-hydrogen) atoms. The van der Waals surface area contributed by atoms with Crippen LogP contribution in [0.2, 0.25) is 0 Å². The Morgan fingerprint density at radius 2 is 1.83 bits per heavy atom. The van der Waals surface area contributed by atoms with Crippen molar-refractivity contribution in [2.24, 2.45) is 0 Å². The largest absolute Gasteiger partial charge is 0.242 e. The highest BCUT2D eigenvalue weighted by atomic mass is 32.2. The normalized spacial score (nSPS) is 11.8. The smallest absolute Gasteiger partial charge is 0.207 e. The van der Waals surface area contributed by atoms with E-state index < -0.39 is 10.0 Å². The van der Waals surface area contributed by atoms with Crippen molar-refractivity contribution in [2.45, 2.75) is 31.1 Å². The lowest BCUT2D eigenvalue weighted by atomic mass is 10.0. The first-order valence-electron chi connectivity index (χ1n) is 5.83. The van der Waals surface area contributed by atoms with Gasteiger partial charge in [0.25, 0.3) is 0 Å². The van der Waals surface area contributed by atoms with E-state index in [2.05, 4.69) is 13.8 Å². The summed E-state index contributed by atoms with van der Waals surface area (Å²) >= 11 is 0. The van der Waals surface area contributed by atoms with Gasteiger partial charge >= 0.3 is 0 Å². The predicted molar refractivity (Wildman–Crippen MR) is 70.6 cm³/mol. The molecule has 5 heteroatoms. The van der Waals surface area contributed by atoms with E-state index in [4.69, 9.17) is 5.26 Å². The van der Waals surface area contributed by atoms with Gasteiger partial charge in [0.2, 0.25) is 10.0 Å². The first kappa shape index (κ1) is 14.7. The summed E-state index contributed by atoms with van der Waals surface area (Å²) in [5, 5.41) is 8.48. The fraction of sp³-hybridized carbons (Fsp3) is 0.462. The van der Waals surface area contributed by atoms with Crippen molar-refractivity contribution >= 4 is 10.0 Å². The highest BCUT2D eigenvalue weighted by Crippen LogP contribution is 2.19. The molecule has 0 aliphatic rings. The summed E-state index contributed by atoms with van der Waals surface area (Å²) in [4.78, 5) is 0.271. The second-order valence-corrected chi connectivity index (χ2v) is 6.50. The number of sulfonamides is 1. The maximum atomic E-state index is 12.1. The molecule has 0 heterocycles. The molecule has 0 aromatic heterocycles. The molecule has 0 aliphatic carbocycles. The summed E-state index contributed by atoms with van der Waals surface area (Å²) in [6.07, 6.45) is 0.194. The molecule has 1 aromatic rings. The number of nitriles is 1. The minimum atomic E-state index is -3.47. The van der Waals surface area contributed by atoms with Crippen LogP contribution in [0.4, 0.5) is 0 Å². The van der Waals surface area contributed by atoms with Crippen molar-refractivity contribution in [3.8, 4) is 6.07 Å². The highest BCUT2D eigenvalue weighted by molar-refractivity contribution is 7.89. The molecule has 0 radical (unpaired) electrons. The van der Waals surface area contributed by atoms with Gasteiger partial charge in [-0.2, -0.15) is 9.57 Å². The second kappa shape index (κ2) is 5.98. The van der Waals surface area contributed by atoms with Crippen LogP contribution in [0.5, 0.6) is 0 Å². The molecule has 0 atom stereocenters. The standard InChI is InChI=1S/C13H18N2O2S/c1-11(2)12-5-7-13(8-6-12)18(16,17)15(3)10-4-9-14/h5-8,11H,4,10H2,1-3H3. The molecule has 1 rings (SSSR count). The van der Waals surface area contributed by atoms with Crippen molar-refractivity contribution < 1.29 is 8.42 Å². The third kappa shape index (κ3) is 3.31. The lowest BCUT2D eigenvalue weighted by Crippen LogP contribution is -2.27. The maximum Gasteiger partial charge on any atom is 0.242 e. The van der Waals surface area contributed by atoms with Gasteiger partial charge in [0.05, 0.1) is 11.0 Å². The van der Waals surface area contributed by atoms with Crippen LogP contribution >= 0.6 is 0 Å². The van der Waals surface area contributed by atoms with Crippen LogP contribution in [0.25, 0.3) is 0 Å². The monoisotopic (exact) mass is 266 g/mol. The Bertz CT molecular complexity index is 527. The van der Waals surface area contributed by atoms with E-state index in [1.54, 1.807) is 12.1 Å². The summed E-state index contributed by atoms with van der Waals surface area (Å²) in [6, 6.07) is 8.84. The number of hydrogen-bond acceptors (Lipinski definition) is 3. The van der Waals surface area contributed by atoms with Crippen molar-refractivity contribution in [3.63, 3.8) is 0 Å². The molecule has 0 fully saturated rings. The predicted octanol–water partition coefficient (Wildman–Crippen LogP) is 2.34. The summed E-state index contributed by atoms with van der Waals surface area (Å²) in [6.45, 7) is 4.33. The van der Waals surface area contributed by atoms with Gasteiger partial charge in [-0.25, -0.2) is 8.42 Å². The molecule has 4 nitrogen and oxygen atoms in total. The van der Waals surface area contributed by atoms with Gasteiger partial charge in [0, 0.05) is 20.0 Å². The zero-order chi connectivity index (χ0) is 13.8. The van der Waals surface area contributed by atoms with Crippen molar-refractivity contribution in [2.75, 3.05) is 13.6 Å². The minimum absolute atomic E-state index is 0.194. The van der Waals surface area contributed by atoms with E-state index in [1.807, 2.05) is 18.2 Å². The van der Waals surface area contributed by atoms with E-state index in [-0.39, 0.29) is 17.9 Å². The van der Waals surface area contributed by atoms with Crippen molar-refractivity contribution in [3.05, 3.63) is 29.8 Å². The zero-order valence-electron chi connectivity index (χ0n) is 10.9. The van der Waals surface area contributed by atoms with Crippen LogP contribution in [-0.2, 0) is 10.0 Å². The molecular formula is C13H18N2O2S. The van der Waals surface area contributed by atoms with E-state index in [9.17, 15) is 8.42 Å². The van der Waals surface area contributed by atoms with Crippen molar-refractivity contribution in [1.82, 2.24) is 4.31 Å². The second-order valence-electron chi connectivity index (χ2n) is 4.46. The fourth-order valence-corrected chi connectivity index (χ4v) is 2.70. The Kier molecular flexibility index (Phi) is 4.88. The van der Waals surface area contributed by atoms with Crippen LogP contribution in [0.15, 0.2) is 29.2 Å². The van der Waals surface area contributed by atoms with Gasteiger partial charge in [0.15, 0.2) is 0 Å². The average Bonchev–Trinajstić information content (AvgIpc) is 2.35. The lowest BCUT2D eigenvalue weighted by Gasteiger charge is -2.16. The number of rotatable bonds is 5. The topological polar surface area (TPSA) is 61.2 Å². The van der Waals surface area contributed by atoms with Crippen molar-refractivity contribution in [1.29, 1.82) is 5.26 Å². The SMILES string of the molecule is CC(C)c1ccc(S(=O)(=O)N(C)CCC#N)cc1. The maximum absolute atomic E-state index is 12.1. The third-order valence-corrected chi connectivity index (χ3v) is 4.66. The van der Waals surface area contributed by atoms with Crippen LogP contribution < -0.4 is 0 Å². The average molecular weight is 266 g/mol.